The van der Waals surface area contributed by atoms with Crippen LogP contribution >= 0.6 is 11.6 Å². The van der Waals surface area contributed by atoms with Crippen molar-refractivity contribution in [2.24, 2.45) is 0 Å². The molecule has 0 radical (unpaired) electrons. The van der Waals surface area contributed by atoms with Crippen LogP contribution in [0.25, 0.3) is 0 Å². The largest absolute Gasteiger partial charge is 0.412 e. The molecule has 2 aromatic carbocycles. The molecule has 2 aromatic rings. The van der Waals surface area contributed by atoms with Crippen molar-refractivity contribution in [3.8, 4) is 0 Å². The Balaban J connectivity index is 2.34. The van der Waals surface area contributed by atoms with Crippen molar-refractivity contribution < 1.29 is 17.6 Å². The van der Waals surface area contributed by atoms with Crippen LogP contribution in [0.15, 0.2) is 48.5 Å². The molecule has 0 spiro atoms. The Morgan fingerprint density at radius 1 is 1.00 bits per heavy atom. The molecule has 0 saturated heterocycles. The number of halogens is 5. The molecule has 1 atom stereocenters. The molecule has 0 aromatic heterocycles. The number of nitrogens with one attached hydrogen (secondary N) is 1. The molecule has 0 fully saturated rings. The second kappa shape index (κ2) is 5.71. The van der Waals surface area contributed by atoms with E-state index in [2.05, 4.69) is 5.32 Å². The minimum absolute atomic E-state index is 0.0271. The third-order valence-corrected chi connectivity index (χ3v) is 3.00. The molecule has 20 heavy (non-hydrogen) atoms. The van der Waals surface area contributed by atoms with Crippen LogP contribution in [0.1, 0.15) is 11.6 Å². The number of alkyl halides is 3. The summed E-state index contributed by atoms with van der Waals surface area (Å²) in [4.78, 5) is 0. The van der Waals surface area contributed by atoms with Gasteiger partial charge in [0.1, 0.15) is 11.9 Å². The van der Waals surface area contributed by atoms with E-state index in [4.69, 9.17) is 11.6 Å². The fourth-order valence-electron chi connectivity index (χ4n) is 1.76. The SMILES string of the molecule is Fc1ccc(NC(c2ccccc2)C(F)(F)F)c(Cl)c1. The molecule has 1 unspecified atom stereocenters. The lowest BCUT2D eigenvalue weighted by molar-refractivity contribution is -0.144. The average molecular weight is 304 g/mol. The highest BCUT2D eigenvalue weighted by atomic mass is 35.5. The highest BCUT2D eigenvalue weighted by molar-refractivity contribution is 6.33. The topological polar surface area (TPSA) is 12.0 Å². The summed E-state index contributed by atoms with van der Waals surface area (Å²) in [5.41, 5.74) is 0.0830. The molecule has 0 bridgehead atoms. The van der Waals surface area contributed by atoms with Crippen LogP contribution in [0.3, 0.4) is 0 Å². The molecule has 0 amide bonds. The molecule has 6 heteroatoms. The van der Waals surface area contributed by atoms with Crippen molar-refractivity contribution >= 4 is 17.3 Å². The summed E-state index contributed by atoms with van der Waals surface area (Å²) in [5, 5.41) is 2.21. The van der Waals surface area contributed by atoms with Crippen molar-refractivity contribution in [2.45, 2.75) is 12.2 Å². The highest BCUT2D eigenvalue weighted by Crippen LogP contribution is 2.37. The maximum Gasteiger partial charge on any atom is 0.412 e. The summed E-state index contributed by atoms with van der Waals surface area (Å²) in [6.45, 7) is 0. The van der Waals surface area contributed by atoms with E-state index < -0.39 is 18.0 Å². The lowest BCUT2D eigenvalue weighted by atomic mass is 10.1. The zero-order valence-electron chi connectivity index (χ0n) is 10.1. The van der Waals surface area contributed by atoms with E-state index in [0.29, 0.717) is 0 Å². The van der Waals surface area contributed by atoms with E-state index in [1.165, 1.54) is 30.3 Å². The highest BCUT2D eigenvalue weighted by Gasteiger charge is 2.41. The Morgan fingerprint density at radius 2 is 1.65 bits per heavy atom. The zero-order valence-corrected chi connectivity index (χ0v) is 10.8. The number of benzene rings is 2. The first kappa shape index (κ1) is 14.7. The Hall–Kier alpha value is -1.75. The second-order valence-corrected chi connectivity index (χ2v) is 4.56. The molecular formula is C14H10ClF4N. The van der Waals surface area contributed by atoms with Crippen molar-refractivity contribution in [1.29, 1.82) is 0 Å². The van der Waals surface area contributed by atoms with Gasteiger partial charge in [0.25, 0.3) is 0 Å². The molecule has 0 aliphatic heterocycles. The first-order chi connectivity index (χ1) is 9.38. The van der Waals surface area contributed by atoms with Crippen molar-refractivity contribution in [2.75, 3.05) is 5.32 Å². The Labute approximate surface area is 118 Å². The quantitative estimate of drug-likeness (QED) is 0.769. The van der Waals surface area contributed by atoms with E-state index in [-0.39, 0.29) is 16.3 Å². The number of anilines is 1. The summed E-state index contributed by atoms with van der Waals surface area (Å²) < 4.78 is 52.3. The third-order valence-electron chi connectivity index (χ3n) is 2.69. The van der Waals surface area contributed by atoms with Gasteiger partial charge in [-0.25, -0.2) is 4.39 Å². The standard InChI is InChI=1S/C14H10ClF4N/c15-11-8-10(16)6-7-12(11)20-13(14(17,18)19)9-4-2-1-3-5-9/h1-8,13,20H. The minimum Gasteiger partial charge on any atom is -0.369 e. The van der Waals surface area contributed by atoms with Crippen LogP contribution in [0.5, 0.6) is 0 Å². The van der Waals surface area contributed by atoms with E-state index in [1.54, 1.807) is 6.07 Å². The molecule has 0 aliphatic carbocycles. The van der Waals surface area contributed by atoms with Crippen LogP contribution in [0, 0.1) is 5.82 Å². The van der Waals surface area contributed by atoms with Gasteiger partial charge in [0.05, 0.1) is 10.7 Å². The van der Waals surface area contributed by atoms with Gasteiger partial charge in [-0.2, -0.15) is 13.2 Å². The molecule has 106 valence electrons. The van der Waals surface area contributed by atoms with Gasteiger partial charge in [-0.05, 0) is 23.8 Å². The maximum atomic E-state index is 13.1. The molecule has 2 rings (SSSR count). The lowest BCUT2D eigenvalue weighted by Crippen LogP contribution is -2.28. The van der Waals surface area contributed by atoms with Gasteiger partial charge >= 0.3 is 6.18 Å². The second-order valence-electron chi connectivity index (χ2n) is 4.15. The van der Waals surface area contributed by atoms with Gasteiger partial charge < -0.3 is 5.32 Å². The van der Waals surface area contributed by atoms with Gasteiger partial charge in [0.2, 0.25) is 0 Å². The normalized spacial score (nSPS) is 13.1. The molecule has 0 saturated carbocycles. The van der Waals surface area contributed by atoms with Gasteiger partial charge in [0.15, 0.2) is 0 Å². The first-order valence-corrected chi connectivity index (χ1v) is 6.09. The van der Waals surface area contributed by atoms with Crippen LogP contribution in [-0.4, -0.2) is 6.18 Å². The molecule has 0 heterocycles. The van der Waals surface area contributed by atoms with Crippen LogP contribution in [-0.2, 0) is 0 Å². The van der Waals surface area contributed by atoms with Crippen LogP contribution in [0.4, 0.5) is 23.2 Å². The van der Waals surface area contributed by atoms with Gasteiger partial charge in [-0.1, -0.05) is 41.9 Å². The number of hydrogen-bond acceptors (Lipinski definition) is 1. The summed E-state index contributed by atoms with van der Waals surface area (Å²) in [7, 11) is 0. The predicted octanol–water partition coefficient (Wildman–Crippen LogP) is 5.19. The Bertz CT molecular complexity index is 583. The smallest absolute Gasteiger partial charge is 0.369 e. The average Bonchev–Trinajstić information content (AvgIpc) is 2.37. The zero-order chi connectivity index (χ0) is 14.8. The van der Waals surface area contributed by atoms with E-state index in [9.17, 15) is 17.6 Å². The van der Waals surface area contributed by atoms with Crippen LogP contribution in [0.2, 0.25) is 5.02 Å². The number of hydrogen-bond donors (Lipinski definition) is 1. The Kier molecular flexibility index (Phi) is 4.18. The predicted molar refractivity (Wildman–Crippen MR) is 70.3 cm³/mol. The van der Waals surface area contributed by atoms with Gasteiger partial charge in [0, 0.05) is 0 Å². The fourth-order valence-corrected chi connectivity index (χ4v) is 1.98. The van der Waals surface area contributed by atoms with E-state index in [1.807, 2.05) is 0 Å². The first-order valence-electron chi connectivity index (χ1n) is 5.71. The van der Waals surface area contributed by atoms with E-state index >= 15 is 0 Å². The van der Waals surface area contributed by atoms with Gasteiger partial charge in [-0.15, -0.1) is 0 Å². The van der Waals surface area contributed by atoms with Gasteiger partial charge in [-0.3, -0.25) is 0 Å². The third kappa shape index (κ3) is 3.42. The van der Waals surface area contributed by atoms with E-state index in [0.717, 1.165) is 12.1 Å². The molecule has 0 aliphatic rings. The monoisotopic (exact) mass is 303 g/mol. The summed E-state index contributed by atoms with van der Waals surface area (Å²) in [5.74, 6) is -0.608. The summed E-state index contributed by atoms with van der Waals surface area (Å²) in [6.07, 6.45) is -4.50. The maximum absolute atomic E-state index is 13.1. The molecule has 1 nitrogen and oxygen atoms in total. The summed E-state index contributed by atoms with van der Waals surface area (Å²) in [6, 6.07) is 8.66. The minimum atomic E-state index is -4.50. The van der Waals surface area contributed by atoms with Crippen molar-refractivity contribution in [3.05, 3.63) is 64.9 Å². The lowest BCUT2D eigenvalue weighted by Gasteiger charge is -2.23. The Morgan fingerprint density at radius 3 is 2.20 bits per heavy atom. The molecular weight excluding hydrogens is 294 g/mol. The summed E-state index contributed by atoms with van der Waals surface area (Å²) >= 11 is 5.74. The number of rotatable bonds is 3. The van der Waals surface area contributed by atoms with Crippen molar-refractivity contribution in [3.63, 3.8) is 0 Å². The van der Waals surface area contributed by atoms with Crippen molar-refractivity contribution in [1.82, 2.24) is 0 Å². The molecule has 1 N–H and O–H groups in total. The fraction of sp³-hybridized carbons (Fsp3) is 0.143. The van der Waals surface area contributed by atoms with Crippen LogP contribution < -0.4 is 5.32 Å².